The molecule has 1 saturated heterocycles. The number of piperazine rings is 1. The van der Waals surface area contributed by atoms with Crippen LogP contribution in [0.3, 0.4) is 0 Å². The maximum absolute atomic E-state index is 13.4. The molecule has 2 rings (SSSR count). The molecule has 0 N–H and O–H groups in total. The quantitative estimate of drug-likeness (QED) is 0.709. The fraction of sp³-hybridized carbons (Fsp3) is 0.455. The summed E-state index contributed by atoms with van der Waals surface area (Å²) >= 11 is 0. The summed E-state index contributed by atoms with van der Waals surface area (Å²) in [4.78, 5) is 18.8. The molecule has 0 bridgehead atoms. The van der Waals surface area contributed by atoms with Crippen LogP contribution in [0.1, 0.15) is 6.92 Å². The normalized spacial score (nSPS) is 16.4. The Morgan fingerprint density at radius 3 is 2.62 bits per heavy atom. The number of aromatic nitrogens is 1. The van der Waals surface area contributed by atoms with E-state index in [-0.39, 0.29) is 11.7 Å². The molecule has 1 fully saturated rings. The van der Waals surface area contributed by atoms with Gasteiger partial charge in [0, 0.05) is 39.3 Å². The summed E-state index contributed by atoms with van der Waals surface area (Å²) in [6, 6.07) is 2.98. The van der Waals surface area contributed by atoms with Crippen molar-refractivity contribution in [2.45, 2.75) is 6.92 Å². The summed E-state index contributed by atoms with van der Waals surface area (Å²) in [5, 5.41) is 0. The lowest BCUT2D eigenvalue weighted by Crippen LogP contribution is -2.48. The minimum Gasteiger partial charge on any atom is -0.351 e. The SMILES string of the molecule is CC(=O)N1CCN(c2ncccc2F)CC1. The maximum Gasteiger partial charge on any atom is 0.219 e. The van der Waals surface area contributed by atoms with E-state index in [2.05, 4.69) is 4.98 Å². The lowest BCUT2D eigenvalue weighted by atomic mass is 10.3. The van der Waals surface area contributed by atoms with Crippen molar-refractivity contribution < 1.29 is 9.18 Å². The van der Waals surface area contributed by atoms with E-state index < -0.39 is 0 Å². The zero-order valence-electron chi connectivity index (χ0n) is 9.19. The van der Waals surface area contributed by atoms with Crippen molar-refractivity contribution in [3.05, 3.63) is 24.1 Å². The third-order valence-corrected chi connectivity index (χ3v) is 2.76. The van der Waals surface area contributed by atoms with Crippen LogP contribution >= 0.6 is 0 Å². The molecule has 1 aromatic heterocycles. The molecule has 2 heterocycles. The van der Waals surface area contributed by atoms with Crippen molar-refractivity contribution in [2.24, 2.45) is 0 Å². The number of carbonyl (C=O) groups excluding carboxylic acids is 1. The monoisotopic (exact) mass is 223 g/mol. The van der Waals surface area contributed by atoms with Crippen molar-refractivity contribution in [3.8, 4) is 0 Å². The first-order valence-electron chi connectivity index (χ1n) is 5.29. The van der Waals surface area contributed by atoms with Gasteiger partial charge >= 0.3 is 0 Å². The summed E-state index contributed by atoms with van der Waals surface area (Å²) in [6.45, 7) is 4.08. The van der Waals surface area contributed by atoms with Crippen LogP contribution in [0.15, 0.2) is 18.3 Å². The Morgan fingerprint density at radius 1 is 1.38 bits per heavy atom. The van der Waals surface area contributed by atoms with Crippen molar-refractivity contribution in [1.29, 1.82) is 0 Å². The second-order valence-corrected chi connectivity index (χ2v) is 3.80. The Bertz CT molecular complexity index is 389. The van der Waals surface area contributed by atoms with Gasteiger partial charge in [0.1, 0.15) is 0 Å². The summed E-state index contributed by atoms with van der Waals surface area (Å²) < 4.78 is 13.4. The summed E-state index contributed by atoms with van der Waals surface area (Å²) in [5.41, 5.74) is 0. The van der Waals surface area contributed by atoms with Crippen LogP contribution in [0.25, 0.3) is 0 Å². The molecule has 5 heteroatoms. The van der Waals surface area contributed by atoms with Gasteiger partial charge in [-0.05, 0) is 12.1 Å². The van der Waals surface area contributed by atoms with E-state index in [0.717, 1.165) is 0 Å². The highest BCUT2D eigenvalue weighted by atomic mass is 19.1. The zero-order chi connectivity index (χ0) is 11.5. The van der Waals surface area contributed by atoms with Gasteiger partial charge in [-0.3, -0.25) is 4.79 Å². The van der Waals surface area contributed by atoms with Crippen LogP contribution in [-0.4, -0.2) is 42.0 Å². The van der Waals surface area contributed by atoms with E-state index in [4.69, 9.17) is 0 Å². The molecule has 0 saturated carbocycles. The van der Waals surface area contributed by atoms with Crippen LogP contribution in [-0.2, 0) is 4.79 Å². The first kappa shape index (κ1) is 10.9. The third kappa shape index (κ3) is 2.13. The lowest BCUT2D eigenvalue weighted by molar-refractivity contribution is -0.129. The first-order chi connectivity index (χ1) is 7.68. The van der Waals surface area contributed by atoms with Gasteiger partial charge in [-0.15, -0.1) is 0 Å². The zero-order valence-corrected chi connectivity index (χ0v) is 9.19. The van der Waals surface area contributed by atoms with E-state index in [1.165, 1.54) is 6.07 Å². The summed E-state index contributed by atoms with van der Waals surface area (Å²) in [6.07, 6.45) is 1.58. The van der Waals surface area contributed by atoms with Gasteiger partial charge < -0.3 is 9.80 Å². The molecule has 0 aromatic carbocycles. The standard InChI is InChI=1S/C11H14FN3O/c1-9(16)14-5-7-15(8-6-14)11-10(12)3-2-4-13-11/h2-4H,5-8H2,1H3. The van der Waals surface area contributed by atoms with Crippen molar-refractivity contribution in [2.75, 3.05) is 31.1 Å². The lowest BCUT2D eigenvalue weighted by Gasteiger charge is -2.34. The molecule has 86 valence electrons. The molecule has 4 nitrogen and oxygen atoms in total. The maximum atomic E-state index is 13.4. The van der Waals surface area contributed by atoms with Crippen molar-refractivity contribution >= 4 is 11.7 Å². The molecule has 0 atom stereocenters. The Kier molecular flexibility index (Phi) is 3.03. The highest BCUT2D eigenvalue weighted by Gasteiger charge is 2.21. The van der Waals surface area contributed by atoms with E-state index >= 15 is 0 Å². The number of hydrogen-bond acceptors (Lipinski definition) is 3. The van der Waals surface area contributed by atoms with Gasteiger partial charge in [0.2, 0.25) is 5.91 Å². The molecule has 0 unspecified atom stereocenters. The van der Waals surface area contributed by atoms with Crippen molar-refractivity contribution in [3.63, 3.8) is 0 Å². The van der Waals surface area contributed by atoms with Gasteiger partial charge in [-0.1, -0.05) is 0 Å². The average Bonchev–Trinajstić information content (AvgIpc) is 2.30. The second-order valence-electron chi connectivity index (χ2n) is 3.80. The summed E-state index contributed by atoms with van der Waals surface area (Å²) in [7, 11) is 0. The molecule has 0 spiro atoms. The number of halogens is 1. The van der Waals surface area contributed by atoms with Crippen LogP contribution in [0.4, 0.5) is 10.2 Å². The van der Waals surface area contributed by atoms with E-state index in [1.807, 2.05) is 4.90 Å². The Morgan fingerprint density at radius 2 is 2.06 bits per heavy atom. The van der Waals surface area contributed by atoms with Crippen LogP contribution in [0.5, 0.6) is 0 Å². The van der Waals surface area contributed by atoms with Crippen LogP contribution < -0.4 is 4.90 Å². The van der Waals surface area contributed by atoms with Crippen LogP contribution in [0.2, 0.25) is 0 Å². The fourth-order valence-electron chi connectivity index (χ4n) is 1.84. The third-order valence-electron chi connectivity index (χ3n) is 2.76. The number of nitrogens with zero attached hydrogens (tertiary/aromatic N) is 3. The molecule has 1 aromatic rings. The second kappa shape index (κ2) is 4.47. The van der Waals surface area contributed by atoms with E-state index in [1.54, 1.807) is 24.1 Å². The Balaban J connectivity index is 2.05. The Labute approximate surface area is 93.7 Å². The molecule has 0 aliphatic carbocycles. The molecule has 16 heavy (non-hydrogen) atoms. The minimum absolute atomic E-state index is 0.0705. The minimum atomic E-state index is -0.307. The van der Waals surface area contributed by atoms with Crippen LogP contribution in [0, 0.1) is 5.82 Å². The van der Waals surface area contributed by atoms with Gasteiger partial charge in [0.05, 0.1) is 0 Å². The molecule has 0 radical (unpaired) electrons. The molecule has 1 amide bonds. The fourth-order valence-corrected chi connectivity index (χ4v) is 1.84. The predicted molar refractivity (Wildman–Crippen MR) is 58.7 cm³/mol. The number of anilines is 1. The molecular weight excluding hydrogens is 209 g/mol. The van der Waals surface area contributed by atoms with Gasteiger partial charge in [-0.25, -0.2) is 9.37 Å². The predicted octanol–water partition coefficient (Wildman–Crippen LogP) is 0.889. The van der Waals surface area contributed by atoms with E-state index in [0.29, 0.717) is 32.0 Å². The highest BCUT2D eigenvalue weighted by molar-refractivity contribution is 5.73. The van der Waals surface area contributed by atoms with Gasteiger partial charge in [-0.2, -0.15) is 0 Å². The molecule has 1 aliphatic heterocycles. The van der Waals surface area contributed by atoms with Crippen molar-refractivity contribution in [1.82, 2.24) is 9.88 Å². The highest BCUT2D eigenvalue weighted by Crippen LogP contribution is 2.16. The molecule has 1 aliphatic rings. The largest absolute Gasteiger partial charge is 0.351 e. The topological polar surface area (TPSA) is 36.4 Å². The number of rotatable bonds is 1. The van der Waals surface area contributed by atoms with Gasteiger partial charge in [0.25, 0.3) is 0 Å². The number of carbonyl (C=O) groups is 1. The first-order valence-corrected chi connectivity index (χ1v) is 5.29. The number of pyridine rings is 1. The number of amides is 1. The van der Waals surface area contributed by atoms with Gasteiger partial charge in [0.15, 0.2) is 11.6 Å². The Hall–Kier alpha value is -1.65. The van der Waals surface area contributed by atoms with E-state index in [9.17, 15) is 9.18 Å². The average molecular weight is 223 g/mol. The summed E-state index contributed by atoms with van der Waals surface area (Å²) in [5.74, 6) is 0.144. The number of hydrogen-bond donors (Lipinski definition) is 0. The molecular formula is C11H14FN3O. The smallest absolute Gasteiger partial charge is 0.219 e.